The molecule has 0 atom stereocenters. The van der Waals surface area contributed by atoms with E-state index in [1.54, 1.807) is 7.11 Å². The Bertz CT molecular complexity index is 691. The van der Waals surface area contributed by atoms with Crippen molar-refractivity contribution in [1.29, 1.82) is 0 Å². The Morgan fingerprint density at radius 1 is 0.870 bits per heavy atom. The minimum Gasteiger partial charge on any atom is -0.495 e. The topological polar surface area (TPSA) is 41.7 Å². The van der Waals surface area contributed by atoms with E-state index in [9.17, 15) is 0 Å². The number of nitrogens with two attached hydrogens (primary N) is 1. The highest BCUT2D eigenvalue weighted by atomic mass is 16.5. The van der Waals surface area contributed by atoms with E-state index in [1.165, 1.54) is 16.8 Å². The summed E-state index contributed by atoms with van der Waals surface area (Å²) < 4.78 is 5.48. The third-order valence-corrected chi connectivity index (χ3v) is 4.69. The van der Waals surface area contributed by atoms with Crippen molar-refractivity contribution < 1.29 is 4.74 Å². The van der Waals surface area contributed by atoms with Crippen molar-refractivity contribution in [3.8, 4) is 5.75 Å². The number of methoxy groups -OCH3 is 1. The fraction of sp³-hybridized carbons (Fsp3) is 0.368. The molecule has 2 aromatic carbocycles. The zero-order valence-electron chi connectivity index (χ0n) is 14.2. The van der Waals surface area contributed by atoms with Crippen molar-refractivity contribution in [3.63, 3.8) is 0 Å². The van der Waals surface area contributed by atoms with Gasteiger partial charge in [0.2, 0.25) is 0 Å². The second-order valence-corrected chi connectivity index (χ2v) is 6.14. The summed E-state index contributed by atoms with van der Waals surface area (Å²) in [5.41, 5.74) is 12.0. The minimum absolute atomic E-state index is 0.874. The SMILES string of the molecule is COc1ccccc1N1CCN(c2cc(C)c(C)cc2N)CC1. The first kappa shape index (κ1) is 15.5. The van der Waals surface area contributed by atoms with Gasteiger partial charge in [0.1, 0.15) is 5.75 Å². The number of hydrogen-bond acceptors (Lipinski definition) is 4. The van der Waals surface area contributed by atoms with E-state index in [2.05, 4.69) is 47.9 Å². The van der Waals surface area contributed by atoms with Gasteiger partial charge in [0.15, 0.2) is 0 Å². The van der Waals surface area contributed by atoms with Crippen LogP contribution in [0.15, 0.2) is 36.4 Å². The van der Waals surface area contributed by atoms with Gasteiger partial charge in [0.25, 0.3) is 0 Å². The number of hydrogen-bond donors (Lipinski definition) is 1. The summed E-state index contributed by atoms with van der Waals surface area (Å²) in [7, 11) is 1.73. The average molecular weight is 311 g/mol. The van der Waals surface area contributed by atoms with Crippen LogP contribution < -0.4 is 20.3 Å². The molecule has 0 aliphatic carbocycles. The summed E-state index contributed by atoms with van der Waals surface area (Å²) in [6.07, 6.45) is 0. The highest BCUT2D eigenvalue weighted by Gasteiger charge is 2.21. The van der Waals surface area contributed by atoms with Gasteiger partial charge in [-0.3, -0.25) is 0 Å². The Morgan fingerprint density at radius 2 is 1.43 bits per heavy atom. The number of anilines is 3. The molecule has 0 aromatic heterocycles. The molecule has 1 fully saturated rings. The van der Waals surface area contributed by atoms with E-state index in [0.717, 1.165) is 43.3 Å². The van der Waals surface area contributed by atoms with Crippen LogP contribution in [0.1, 0.15) is 11.1 Å². The smallest absolute Gasteiger partial charge is 0.142 e. The van der Waals surface area contributed by atoms with Crippen LogP contribution in [0.5, 0.6) is 5.75 Å². The van der Waals surface area contributed by atoms with Crippen LogP contribution >= 0.6 is 0 Å². The number of ether oxygens (including phenoxy) is 1. The van der Waals surface area contributed by atoms with Gasteiger partial charge < -0.3 is 20.3 Å². The van der Waals surface area contributed by atoms with Crippen LogP contribution in [0.2, 0.25) is 0 Å². The molecule has 3 rings (SSSR count). The summed E-state index contributed by atoms with van der Waals surface area (Å²) in [6, 6.07) is 12.5. The van der Waals surface area contributed by atoms with E-state index in [-0.39, 0.29) is 0 Å². The molecule has 0 radical (unpaired) electrons. The number of nitrogens with zero attached hydrogens (tertiary/aromatic N) is 2. The van der Waals surface area contributed by atoms with Gasteiger partial charge in [0, 0.05) is 26.2 Å². The molecule has 1 saturated heterocycles. The lowest BCUT2D eigenvalue weighted by atomic mass is 10.1. The Kier molecular flexibility index (Phi) is 4.33. The Hall–Kier alpha value is -2.36. The second kappa shape index (κ2) is 6.41. The molecule has 0 saturated carbocycles. The van der Waals surface area contributed by atoms with Gasteiger partial charge in [-0.1, -0.05) is 12.1 Å². The molecule has 0 bridgehead atoms. The Balaban J connectivity index is 1.75. The number of piperazine rings is 1. The van der Waals surface area contributed by atoms with Crippen LogP contribution in [-0.2, 0) is 0 Å². The predicted molar refractivity (Wildman–Crippen MR) is 97.7 cm³/mol. The minimum atomic E-state index is 0.874. The molecule has 0 amide bonds. The van der Waals surface area contributed by atoms with E-state index in [4.69, 9.17) is 10.5 Å². The fourth-order valence-corrected chi connectivity index (χ4v) is 3.18. The zero-order valence-corrected chi connectivity index (χ0v) is 14.2. The molecule has 1 heterocycles. The number of nitrogen functional groups attached to an aromatic ring is 1. The molecule has 4 heteroatoms. The third kappa shape index (κ3) is 3.07. The first-order valence-corrected chi connectivity index (χ1v) is 8.10. The standard InChI is InChI=1S/C19H25N3O/c1-14-12-16(20)18(13-15(14)2)22-10-8-21(9-11-22)17-6-4-5-7-19(17)23-3/h4-7,12-13H,8-11,20H2,1-3H3. The molecule has 0 spiro atoms. The van der Waals surface area contributed by atoms with Gasteiger partial charge >= 0.3 is 0 Å². The van der Waals surface area contributed by atoms with Gasteiger partial charge in [-0.05, 0) is 49.2 Å². The first-order chi connectivity index (χ1) is 11.1. The second-order valence-electron chi connectivity index (χ2n) is 6.14. The predicted octanol–water partition coefficient (Wildman–Crippen LogP) is 3.22. The summed E-state index contributed by atoms with van der Waals surface area (Å²) in [4.78, 5) is 4.76. The van der Waals surface area contributed by atoms with Gasteiger partial charge in [-0.2, -0.15) is 0 Å². The number of rotatable bonds is 3. The van der Waals surface area contributed by atoms with Gasteiger partial charge in [-0.15, -0.1) is 0 Å². The maximum absolute atomic E-state index is 6.24. The zero-order chi connectivity index (χ0) is 16.4. The summed E-state index contributed by atoms with van der Waals surface area (Å²) in [6.45, 7) is 8.10. The van der Waals surface area contributed by atoms with Crippen LogP contribution in [0, 0.1) is 13.8 Å². The quantitative estimate of drug-likeness (QED) is 0.884. The monoisotopic (exact) mass is 311 g/mol. The maximum Gasteiger partial charge on any atom is 0.142 e. The molecule has 1 aliphatic heterocycles. The van der Waals surface area contributed by atoms with Crippen LogP contribution in [0.3, 0.4) is 0 Å². The molecular weight excluding hydrogens is 286 g/mol. The molecule has 4 nitrogen and oxygen atoms in total. The van der Waals surface area contributed by atoms with E-state index < -0.39 is 0 Å². The van der Waals surface area contributed by atoms with Crippen molar-refractivity contribution in [2.24, 2.45) is 0 Å². The Labute approximate surface area is 138 Å². The van der Waals surface area contributed by atoms with Crippen molar-refractivity contribution in [3.05, 3.63) is 47.5 Å². The van der Waals surface area contributed by atoms with Crippen LogP contribution in [0.25, 0.3) is 0 Å². The molecule has 23 heavy (non-hydrogen) atoms. The maximum atomic E-state index is 6.24. The molecular formula is C19H25N3O. The summed E-state index contributed by atoms with van der Waals surface area (Å²) >= 11 is 0. The highest BCUT2D eigenvalue weighted by Crippen LogP contribution is 2.31. The van der Waals surface area contributed by atoms with Gasteiger partial charge in [0.05, 0.1) is 24.2 Å². The lowest BCUT2D eigenvalue weighted by Gasteiger charge is -2.38. The van der Waals surface area contributed by atoms with Crippen molar-refractivity contribution >= 4 is 17.1 Å². The molecule has 2 aromatic rings. The van der Waals surface area contributed by atoms with Gasteiger partial charge in [-0.25, -0.2) is 0 Å². The number of para-hydroxylation sites is 2. The number of aryl methyl sites for hydroxylation is 2. The Morgan fingerprint density at radius 3 is 2.09 bits per heavy atom. The lowest BCUT2D eigenvalue weighted by Crippen LogP contribution is -2.46. The first-order valence-electron chi connectivity index (χ1n) is 8.10. The molecule has 1 aliphatic rings. The number of benzene rings is 2. The summed E-state index contributed by atoms with van der Waals surface area (Å²) in [5, 5.41) is 0. The molecule has 2 N–H and O–H groups in total. The average Bonchev–Trinajstić information content (AvgIpc) is 2.58. The van der Waals surface area contributed by atoms with Crippen molar-refractivity contribution in [2.75, 3.05) is 48.8 Å². The third-order valence-electron chi connectivity index (χ3n) is 4.69. The highest BCUT2D eigenvalue weighted by molar-refractivity contribution is 5.71. The fourth-order valence-electron chi connectivity index (χ4n) is 3.18. The van der Waals surface area contributed by atoms with Crippen LogP contribution in [0.4, 0.5) is 17.1 Å². The van der Waals surface area contributed by atoms with E-state index in [1.807, 2.05) is 12.1 Å². The normalized spacial score (nSPS) is 14.9. The van der Waals surface area contributed by atoms with E-state index in [0.29, 0.717) is 0 Å². The van der Waals surface area contributed by atoms with Crippen molar-refractivity contribution in [2.45, 2.75) is 13.8 Å². The summed E-state index contributed by atoms with van der Waals surface area (Å²) in [5.74, 6) is 0.937. The largest absolute Gasteiger partial charge is 0.495 e. The lowest BCUT2D eigenvalue weighted by molar-refractivity contribution is 0.413. The van der Waals surface area contributed by atoms with Crippen molar-refractivity contribution in [1.82, 2.24) is 0 Å². The van der Waals surface area contributed by atoms with Crippen LogP contribution in [-0.4, -0.2) is 33.3 Å². The van der Waals surface area contributed by atoms with E-state index >= 15 is 0 Å². The molecule has 122 valence electrons. The molecule has 0 unspecified atom stereocenters.